The first-order valence-corrected chi connectivity index (χ1v) is 7.74. The Morgan fingerprint density at radius 1 is 1.40 bits per heavy atom. The lowest BCUT2D eigenvalue weighted by Crippen LogP contribution is -2.41. The van der Waals surface area contributed by atoms with Gasteiger partial charge in [0.1, 0.15) is 10.2 Å². The van der Waals surface area contributed by atoms with Crippen LogP contribution in [0.4, 0.5) is 4.79 Å². The van der Waals surface area contributed by atoms with Crippen LogP contribution in [0.3, 0.4) is 0 Å². The molecule has 110 valence electrons. The summed E-state index contributed by atoms with van der Waals surface area (Å²) >= 11 is 3.40. The molecule has 0 atom stereocenters. The monoisotopic (exact) mass is 340 g/mol. The fourth-order valence-corrected chi connectivity index (χ4v) is 2.78. The van der Waals surface area contributed by atoms with Crippen molar-refractivity contribution in [3.8, 4) is 0 Å². The second-order valence-corrected chi connectivity index (χ2v) is 6.97. The van der Waals surface area contributed by atoms with Gasteiger partial charge in [-0.15, -0.1) is 0 Å². The highest BCUT2D eigenvalue weighted by molar-refractivity contribution is 9.10. The van der Waals surface area contributed by atoms with Gasteiger partial charge >= 0.3 is 6.09 Å². The highest BCUT2D eigenvalue weighted by Gasteiger charge is 2.27. The summed E-state index contributed by atoms with van der Waals surface area (Å²) in [5.74, 6) is 0.494. The number of amides is 1. The van der Waals surface area contributed by atoms with E-state index in [-0.39, 0.29) is 6.09 Å². The van der Waals surface area contributed by atoms with Crippen molar-refractivity contribution in [3.63, 3.8) is 0 Å². The molecule has 4 nitrogen and oxygen atoms in total. The molecule has 1 aliphatic rings. The molecule has 1 saturated heterocycles. The second kappa shape index (κ2) is 6.12. The van der Waals surface area contributed by atoms with Gasteiger partial charge in [0.2, 0.25) is 0 Å². The van der Waals surface area contributed by atoms with Crippen LogP contribution in [0.1, 0.15) is 45.1 Å². The number of ether oxygens (including phenoxy) is 1. The quantitative estimate of drug-likeness (QED) is 0.726. The largest absolute Gasteiger partial charge is 0.444 e. The highest BCUT2D eigenvalue weighted by atomic mass is 79.9. The van der Waals surface area contributed by atoms with Crippen molar-refractivity contribution in [3.05, 3.63) is 28.5 Å². The number of aromatic nitrogens is 1. The van der Waals surface area contributed by atoms with Gasteiger partial charge in [0, 0.05) is 19.3 Å². The molecule has 2 heterocycles. The number of pyridine rings is 1. The number of nitrogens with zero attached hydrogens (tertiary/aromatic N) is 2. The van der Waals surface area contributed by atoms with Crippen LogP contribution in [0.5, 0.6) is 0 Å². The molecule has 20 heavy (non-hydrogen) atoms. The Morgan fingerprint density at radius 3 is 2.60 bits per heavy atom. The Bertz CT molecular complexity index is 477. The number of hydrogen-bond donors (Lipinski definition) is 0. The molecule has 0 N–H and O–H groups in total. The van der Waals surface area contributed by atoms with Gasteiger partial charge in [0.15, 0.2) is 0 Å². The van der Waals surface area contributed by atoms with Crippen LogP contribution < -0.4 is 0 Å². The fraction of sp³-hybridized carbons (Fsp3) is 0.600. The van der Waals surface area contributed by atoms with Crippen molar-refractivity contribution in [2.45, 2.75) is 45.1 Å². The van der Waals surface area contributed by atoms with E-state index in [0.29, 0.717) is 5.92 Å². The lowest BCUT2D eigenvalue weighted by molar-refractivity contribution is 0.0205. The van der Waals surface area contributed by atoms with Crippen molar-refractivity contribution < 1.29 is 9.53 Å². The van der Waals surface area contributed by atoms with Crippen LogP contribution in [0.25, 0.3) is 0 Å². The Morgan fingerprint density at radius 2 is 2.05 bits per heavy atom. The fourth-order valence-electron chi connectivity index (χ4n) is 2.39. The minimum Gasteiger partial charge on any atom is -0.444 e. The van der Waals surface area contributed by atoms with Crippen LogP contribution in [-0.2, 0) is 4.74 Å². The summed E-state index contributed by atoms with van der Waals surface area (Å²) < 4.78 is 6.27. The molecule has 1 fully saturated rings. The van der Waals surface area contributed by atoms with Gasteiger partial charge in [0.05, 0.1) is 0 Å². The molecule has 5 heteroatoms. The van der Waals surface area contributed by atoms with Gasteiger partial charge in [-0.2, -0.15) is 0 Å². The van der Waals surface area contributed by atoms with Crippen molar-refractivity contribution >= 4 is 22.0 Å². The number of halogens is 1. The van der Waals surface area contributed by atoms with E-state index in [4.69, 9.17) is 4.74 Å². The number of carbonyl (C=O) groups excluding carboxylic acids is 1. The summed E-state index contributed by atoms with van der Waals surface area (Å²) in [5, 5.41) is 0. The molecule has 0 unspecified atom stereocenters. The summed E-state index contributed by atoms with van der Waals surface area (Å²) in [6.07, 6.45) is 3.55. The zero-order valence-electron chi connectivity index (χ0n) is 12.2. The number of likely N-dealkylation sites (tertiary alicyclic amines) is 1. The van der Waals surface area contributed by atoms with Crippen molar-refractivity contribution in [1.29, 1.82) is 0 Å². The normalized spacial score (nSPS) is 17.1. The molecule has 0 spiro atoms. The molecule has 1 aromatic rings. The van der Waals surface area contributed by atoms with Crippen molar-refractivity contribution in [2.24, 2.45) is 0 Å². The minimum absolute atomic E-state index is 0.202. The zero-order chi connectivity index (χ0) is 14.8. The summed E-state index contributed by atoms with van der Waals surface area (Å²) in [4.78, 5) is 18.0. The highest BCUT2D eigenvalue weighted by Crippen LogP contribution is 2.29. The van der Waals surface area contributed by atoms with Gasteiger partial charge < -0.3 is 9.64 Å². The lowest BCUT2D eigenvalue weighted by Gasteiger charge is -2.33. The van der Waals surface area contributed by atoms with E-state index in [2.05, 4.69) is 33.0 Å². The summed E-state index contributed by atoms with van der Waals surface area (Å²) in [5.41, 5.74) is 0.861. The van der Waals surface area contributed by atoms with E-state index in [9.17, 15) is 4.79 Å². The first kappa shape index (κ1) is 15.3. The van der Waals surface area contributed by atoms with E-state index in [1.54, 1.807) is 4.90 Å². The number of rotatable bonds is 1. The maximum absolute atomic E-state index is 12.0. The molecule has 0 aliphatic carbocycles. The molecule has 0 saturated carbocycles. The van der Waals surface area contributed by atoms with Crippen LogP contribution >= 0.6 is 15.9 Å². The average molecular weight is 341 g/mol. The number of carbonyl (C=O) groups is 1. The Kier molecular flexibility index (Phi) is 4.68. The van der Waals surface area contributed by atoms with E-state index < -0.39 is 5.60 Å². The number of piperidine rings is 1. The molecule has 1 aliphatic heterocycles. The van der Waals surface area contributed by atoms with E-state index in [0.717, 1.165) is 30.5 Å². The first-order valence-electron chi connectivity index (χ1n) is 6.94. The van der Waals surface area contributed by atoms with Crippen LogP contribution in [0.15, 0.2) is 22.9 Å². The molecule has 0 aromatic carbocycles. The van der Waals surface area contributed by atoms with E-state index in [1.807, 2.05) is 27.0 Å². The molecule has 2 rings (SSSR count). The molecular formula is C15H21BrN2O2. The smallest absolute Gasteiger partial charge is 0.410 e. The minimum atomic E-state index is -0.427. The SMILES string of the molecule is CC(C)(C)OC(=O)N1CCC(c2ccnc(Br)c2)CC1. The predicted octanol–water partition coefficient (Wildman–Crippen LogP) is 3.96. The second-order valence-electron chi connectivity index (χ2n) is 6.15. The third-order valence-corrected chi connectivity index (χ3v) is 3.80. The number of hydrogen-bond acceptors (Lipinski definition) is 3. The molecular weight excluding hydrogens is 320 g/mol. The van der Waals surface area contributed by atoms with E-state index >= 15 is 0 Å². The lowest BCUT2D eigenvalue weighted by atomic mass is 9.90. The Balaban J connectivity index is 1.91. The average Bonchev–Trinajstić information content (AvgIpc) is 2.37. The van der Waals surface area contributed by atoms with Gasteiger partial charge in [-0.25, -0.2) is 9.78 Å². The summed E-state index contributed by atoms with van der Waals surface area (Å²) in [6, 6.07) is 4.12. The van der Waals surface area contributed by atoms with Gasteiger partial charge in [-0.1, -0.05) is 0 Å². The van der Waals surface area contributed by atoms with Gasteiger partial charge in [-0.3, -0.25) is 0 Å². The maximum atomic E-state index is 12.0. The molecule has 1 aromatic heterocycles. The molecule has 0 bridgehead atoms. The molecule has 1 amide bonds. The van der Waals surface area contributed by atoms with Crippen LogP contribution in [0, 0.1) is 0 Å². The summed E-state index contributed by atoms with van der Waals surface area (Å²) in [6.45, 7) is 7.18. The van der Waals surface area contributed by atoms with Crippen LogP contribution in [-0.4, -0.2) is 34.7 Å². The third kappa shape index (κ3) is 4.20. The maximum Gasteiger partial charge on any atom is 0.410 e. The van der Waals surface area contributed by atoms with Crippen molar-refractivity contribution in [1.82, 2.24) is 9.88 Å². The van der Waals surface area contributed by atoms with Gasteiger partial charge in [-0.05, 0) is 73.2 Å². The predicted molar refractivity (Wildman–Crippen MR) is 81.7 cm³/mol. The topological polar surface area (TPSA) is 42.4 Å². The van der Waals surface area contributed by atoms with E-state index in [1.165, 1.54) is 5.56 Å². The zero-order valence-corrected chi connectivity index (χ0v) is 13.8. The molecule has 0 radical (unpaired) electrons. The summed E-state index contributed by atoms with van der Waals surface area (Å²) in [7, 11) is 0. The first-order chi connectivity index (χ1) is 9.35. The Labute approximate surface area is 128 Å². The third-order valence-electron chi connectivity index (χ3n) is 3.37. The van der Waals surface area contributed by atoms with Crippen molar-refractivity contribution in [2.75, 3.05) is 13.1 Å². The van der Waals surface area contributed by atoms with Crippen LogP contribution in [0.2, 0.25) is 0 Å². The van der Waals surface area contributed by atoms with Gasteiger partial charge in [0.25, 0.3) is 0 Å². The Hall–Kier alpha value is -1.10. The standard InChI is InChI=1S/C15H21BrN2O2/c1-15(2,3)20-14(19)18-8-5-11(6-9-18)12-4-7-17-13(16)10-12/h4,7,10-11H,5-6,8-9H2,1-3H3.